The van der Waals surface area contributed by atoms with Crippen LogP contribution >= 0.6 is 24.0 Å². The highest BCUT2D eigenvalue weighted by atomic mass is 127. The molecule has 1 amide bonds. The molecule has 0 aliphatic rings. The van der Waals surface area contributed by atoms with Crippen LogP contribution in [0.4, 0.5) is 11.4 Å². The highest BCUT2D eigenvalue weighted by Gasteiger charge is 2.01. The van der Waals surface area contributed by atoms with Crippen molar-refractivity contribution in [2.75, 3.05) is 10.6 Å². The standard InChI is InChI=1S/C22H22N4O2.HI/c1-16(27)25-18-8-5-7-17(13-18)15-24-22(23)26-19-9-6-12-21(14-19)28-20-10-3-2-4-11-20;/h2-14H,15H2,1H3,(H,25,27)(H3,23,24,26);1H. The second-order valence-electron chi connectivity index (χ2n) is 6.15. The third-order valence-electron chi connectivity index (χ3n) is 3.76. The lowest BCUT2D eigenvalue weighted by Crippen LogP contribution is -2.22. The van der Waals surface area contributed by atoms with Crippen molar-refractivity contribution < 1.29 is 9.53 Å². The number of benzene rings is 3. The summed E-state index contributed by atoms with van der Waals surface area (Å²) in [5, 5.41) is 5.81. The minimum absolute atomic E-state index is 0. The topological polar surface area (TPSA) is 88.7 Å². The van der Waals surface area contributed by atoms with Gasteiger partial charge in [-0.25, -0.2) is 4.99 Å². The molecule has 7 heteroatoms. The summed E-state index contributed by atoms with van der Waals surface area (Å²) in [5.74, 6) is 1.65. The van der Waals surface area contributed by atoms with Gasteiger partial charge in [0.2, 0.25) is 5.91 Å². The first-order valence-corrected chi connectivity index (χ1v) is 8.85. The molecule has 0 aromatic heterocycles. The number of anilines is 2. The molecule has 29 heavy (non-hydrogen) atoms. The van der Waals surface area contributed by atoms with E-state index >= 15 is 0 Å². The zero-order valence-corrected chi connectivity index (χ0v) is 18.3. The van der Waals surface area contributed by atoms with Crippen LogP contribution < -0.4 is 21.1 Å². The van der Waals surface area contributed by atoms with E-state index in [1.807, 2.05) is 78.9 Å². The molecule has 0 aliphatic heterocycles. The molecular formula is C22H23IN4O2. The number of para-hydroxylation sites is 1. The highest BCUT2D eigenvalue weighted by Crippen LogP contribution is 2.23. The lowest BCUT2D eigenvalue weighted by molar-refractivity contribution is -0.114. The van der Waals surface area contributed by atoms with Crippen LogP contribution in [0.3, 0.4) is 0 Å². The first-order chi connectivity index (χ1) is 13.6. The summed E-state index contributed by atoms with van der Waals surface area (Å²) >= 11 is 0. The van der Waals surface area contributed by atoms with Gasteiger partial charge in [-0.3, -0.25) is 4.79 Å². The monoisotopic (exact) mass is 502 g/mol. The summed E-state index contributed by atoms with van der Waals surface area (Å²) in [5.41, 5.74) is 8.46. The third kappa shape index (κ3) is 7.46. The molecule has 0 unspecified atom stereocenters. The first kappa shape index (κ1) is 22.2. The van der Waals surface area contributed by atoms with Crippen molar-refractivity contribution in [2.45, 2.75) is 13.5 Å². The SMILES string of the molecule is CC(=O)Nc1cccc(CN=C(N)Nc2cccc(Oc3ccccc3)c2)c1.I. The van der Waals surface area contributed by atoms with Crippen LogP contribution in [-0.2, 0) is 11.3 Å². The summed E-state index contributed by atoms with van der Waals surface area (Å²) in [7, 11) is 0. The van der Waals surface area contributed by atoms with Crippen molar-refractivity contribution in [2.24, 2.45) is 10.7 Å². The zero-order chi connectivity index (χ0) is 19.8. The van der Waals surface area contributed by atoms with Crippen molar-refractivity contribution in [1.29, 1.82) is 0 Å². The van der Waals surface area contributed by atoms with Gasteiger partial charge < -0.3 is 21.1 Å². The second-order valence-corrected chi connectivity index (χ2v) is 6.15. The Morgan fingerprint density at radius 3 is 2.28 bits per heavy atom. The molecule has 0 saturated heterocycles. The summed E-state index contributed by atoms with van der Waals surface area (Å²) < 4.78 is 5.82. The molecule has 0 radical (unpaired) electrons. The molecule has 0 heterocycles. The van der Waals surface area contributed by atoms with E-state index in [1.54, 1.807) is 0 Å². The number of carbonyl (C=O) groups excluding carboxylic acids is 1. The number of rotatable bonds is 6. The summed E-state index contributed by atoms with van der Waals surface area (Å²) in [4.78, 5) is 15.5. The molecule has 0 saturated carbocycles. The van der Waals surface area contributed by atoms with Gasteiger partial charge in [-0.15, -0.1) is 24.0 Å². The Morgan fingerprint density at radius 1 is 0.897 bits per heavy atom. The van der Waals surface area contributed by atoms with Crippen LogP contribution in [0.15, 0.2) is 83.9 Å². The number of aliphatic imine (C=N–C) groups is 1. The van der Waals surface area contributed by atoms with Gasteiger partial charge >= 0.3 is 0 Å². The van der Waals surface area contributed by atoms with Gasteiger partial charge in [-0.05, 0) is 42.0 Å². The predicted molar refractivity (Wildman–Crippen MR) is 128 cm³/mol. The number of amides is 1. The fraction of sp³-hybridized carbons (Fsp3) is 0.0909. The molecule has 0 fully saturated rings. The number of hydrogen-bond donors (Lipinski definition) is 3. The summed E-state index contributed by atoms with van der Waals surface area (Å²) in [6.45, 7) is 1.87. The molecule has 3 rings (SSSR count). The van der Waals surface area contributed by atoms with Gasteiger partial charge in [0.15, 0.2) is 5.96 Å². The predicted octanol–water partition coefficient (Wildman–Crippen LogP) is 4.98. The molecular weight excluding hydrogens is 479 g/mol. The zero-order valence-electron chi connectivity index (χ0n) is 16.0. The van der Waals surface area contributed by atoms with Crippen LogP contribution in [0.1, 0.15) is 12.5 Å². The van der Waals surface area contributed by atoms with Crippen molar-refractivity contribution in [3.05, 3.63) is 84.4 Å². The van der Waals surface area contributed by atoms with E-state index in [9.17, 15) is 4.79 Å². The molecule has 4 N–H and O–H groups in total. The molecule has 3 aromatic carbocycles. The maximum atomic E-state index is 11.2. The number of nitrogens with two attached hydrogens (primary N) is 1. The average molecular weight is 502 g/mol. The smallest absolute Gasteiger partial charge is 0.221 e. The first-order valence-electron chi connectivity index (χ1n) is 8.85. The van der Waals surface area contributed by atoms with E-state index in [0.29, 0.717) is 18.3 Å². The fourth-order valence-corrected chi connectivity index (χ4v) is 2.58. The van der Waals surface area contributed by atoms with Crippen molar-refractivity contribution >= 4 is 47.2 Å². The normalized spacial score (nSPS) is 10.6. The molecule has 0 bridgehead atoms. The summed E-state index contributed by atoms with van der Waals surface area (Å²) in [6, 6.07) is 24.5. The van der Waals surface area contributed by atoms with Gasteiger partial charge in [0.05, 0.1) is 6.54 Å². The van der Waals surface area contributed by atoms with Crippen LogP contribution in [0.25, 0.3) is 0 Å². The van der Waals surface area contributed by atoms with E-state index in [0.717, 1.165) is 22.7 Å². The lowest BCUT2D eigenvalue weighted by Gasteiger charge is -2.09. The number of nitrogens with one attached hydrogen (secondary N) is 2. The average Bonchev–Trinajstić information content (AvgIpc) is 2.67. The Kier molecular flexibility index (Phi) is 8.47. The molecule has 6 nitrogen and oxygen atoms in total. The van der Waals surface area contributed by atoms with Gasteiger partial charge in [-0.2, -0.15) is 0 Å². The number of ether oxygens (including phenoxy) is 1. The largest absolute Gasteiger partial charge is 0.457 e. The molecule has 0 spiro atoms. The summed E-state index contributed by atoms with van der Waals surface area (Å²) in [6.07, 6.45) is 0. The van der Waals surface area contributed by atoms with E-state index < -0.39 is 0 Å². The van der Waals surface area contributed by atoms with Gasteiger partial charge in [-0.1, -0.05) is 36.4 Å². The minimum atomic E-state index is -0.112. The Bertz CT molecular complexity index is 977. The van der Waals surface area contributed by atoms with Crippen LogP contribution in [0, 0.1) is 0 Å². The lowest BCUT2D eigenvalue weighted by atomic mass is 10.2. The van der Waals surface area contributed by atoms with E-state index in [1.165, 1.54) is 6.92 Å². The quantitative estimate of drug-likeness (QED) is 0.252. The van der Waals surface area contributed by atoms with Crippen molar-refractivity contribution in [1.82, 2.24) is 0 Å². The number of halogens is 1. The van der Waals surface area contributed by atoms with Gasteiger partial charge in [0.1, 0.15) is 11.5 Å². The Morgan fingerprint density at radius 2 is 1.55 bits per heavy atom. The molecule has 3 aromatic rings. The van der Waals surface area contributed by atoms with E-state index in [2.05, 4.69) is 15.6 Å². The highest BCUT2D eigenvalue weighted by molar-refractivity contribution is 14.0. The maximum absolute atomic E-state index is 11.2. The Labute approximate surface area is 187 Å². The number of carbonyl (C=O) groups is 1. The molecule has 150 valence electrons. The van der Waals surface area contributed by atoms with Crippen molar-refractivity contribution in [3.8, 4) is 11.5 Å². The van der Waals surface area contributed by atoms with E-state index in [-0.39, 0.29) is 29.9 Å². The van der Waals surface area contributed by atoms with Gasteiger partial charge in [0, 0.05) is 24.4 Å². The molecule has 0 aliphatic carbocycles. The van der Waals surface area contributed by atoms with Crippen LogP contribution in [-0.4, -0.2) is 11.9 Å². The van der Waals surface area contributed by atoms with Crippen LogP contribution in [0.2, 0.25) is 0 Å². The van der Waals surface area contributed by atoms with Crippen LogP contribution in [0.5, 0.6) is 11.5 Å². The number of nitrogens with zero attached hydrogens (tertiary/aromatic N) is 1. The molecule has 0 atom stereocenters. The third-order valence-corrected chi connectivity index (χ3v) is 3.76. The minimum Gasteiger partial charge on any atom is -0.457 e. The van der Waals surface area contributed by atoms with E-state index in [4.69, 9.17) is 10.5 Å². The van der Waals surface area contributed by atoms with Crippen molar-refractivity contribution in [3.63, 3.8) is 0 Å². The Balaban J connectivity index is 0.00000300. The maximum Gasteiger partial charge on any atom is 0.221 e. The number of hydrogen-bond acceptors (Lipinski definition) is 3. The fourth-order valence-electron chi connectivity index (χ4n) is 2.58. The second kappa shape index (κ2) is 11.1. The Hall–Kier alpha value is -3.07. The number of guanidine groups is 1. The van der Waals surface area contributed by atoms with Gasteiger partial charge in [0.25, 0.3) is 0 Å².